The van der Waals surface area contributed by atoms with Gasteiger partial charge in [0, 0.05) is 16.9 Å². The summed E-state index contributed by atoms with van der Waals surface area (Å²) in [6.45, 7) is 3.45. The Labute approximate surface area is 104 Å². The van der Waals surface area contributed by atoms with E-state index in [0.29, 0.717) is 6.61 Å². The second kappa shape index (κ2) is 5.17. The molecule has 2 N–H and O–H groups in total. The van der Waals surface area contributed by atoms with Crippen molar-refractivity contribution < 1.29 is 9.47 Å². The summed E-state index contributed by atoms with van der Waals surface area (Å²) in [6.07, 6.45) is 1.15. The van der Waals surface area contributed by atoms with Crippen LogP contribution in [0.15, 0.2) is 22.7 Å². The number of hydrogen-bond donors (Lipinski definition) is 1. The third kappa shape index (κ3) is 2.75. The molecule has 1 heterocycles. The Morgan fingerprint density at radius 2 is 2.38 bits per heavy atom. The van der Waals surface area contributed by atoms with Gasteiger partial charge in [-0.2, -0.15) is 0 Å². The Morgan fingerprint density at radius 3 is 2.94 bits per heavy atom. The third-order valence-electron chi connectivity index (χ3n) is 2.65. The normalized spacial score (nSPS) is 22.1. The highest BCUT2D eigenvalue weighted by Crippen LogP contribution is 2.27. The van der Waals surface area contributed by atoms with Crippen LogP contribution >= 0.6 is 15.9 Å². The first-order chi connectivity index (χ1) is 7.66. The molecule has 1 fully saturated rings. The van der Waals surface area contributed by atoms with Crippen LogP contribution < -0.4 is 10.5 Å². The fourth-order valence-electron chi connectivity index (χ4n) is 1.75. The molecule has 1 aromatic rings. The highest BCUT2D eigenvalue weighted by atomic mass is 79.9. The van der Waals surface area contributed by atoms with E-state index in [1.807, 2.05) is 25.1 Å². The average Bonchev–Trinajstić information content (AvgIpc) is 2.70. The maximum atomic E-state index is 5.84. The lowest BCUT2D eigenvalue weighted by atomic mass is 10.1. The number of hydrogen-bond acceptors (Lipinski definition) is 3. The molecule has 0 radical (unpaired) electrons. The summed E-state index contributed by atoms with van der Waals surface area (Å²) in [4.78, 5) is 0. The lowest BCUT2D eigenvalue weighted by Gasteiger charge is -2.14. The van der Waals surface area contributed by atoms with Gasteiger partial charge in [0.1, 0.15) is 11.9 Å². The van der Waals surface area contributed by atoms with Crippen LogP contribution in [0.2, 0.25) is 0 Å². The van der Waals surface area contributed by atoms with E-state index in [1.165, 1.54) is 0 Å². The maximum Gasteiger partial charge on any atom is 0.124 e. The van der Waals surface area contributed by atoms with Gasteiger partial charge >= 0.3 is 0 Å². The van der Waals surface area contributed by atoms with Crippen molar-refractivity contribution in [1.29, 1.82) is 0 Å². The van der Waals surface area contributed by atoms with Gasteiger partial charge in [0.25, 0.3) is 0 Å². The number of ether oxygens (including phenoxy) is 2. The molecule has 88 valence electrons. The highest BCUT2D eigenvalue weighted by Gasteiger charge is 2.17. The van der Waals surface area contributed by atoms with Crippen molar-refractivity contribution in [2.75, 3.05) is 13.2 Å². The SMILES string of the molecule is C[C@@H](N)c1ccc(OC2CCOC2)cc1Br. The van der Waals surface area contributed by atoms with E-state index in [9.17, 15) is 0 Å². The molecular formula is C12H16BrNO2. The van der Waals surface area contributed by atoms with E-state index in [2.05, 4.69) is 15.9 Å². The van der Waals surface area contributed by atoms with Gasteiger partial charge in [-0.05, 0) is 24.6 Å². The Morgan fingerprint density at radius 1 is 1.56 bits per heavy atom. The number of rotatable bonds is 3. The molecule has 1 aliphatic heterocycles. The van der Waals surface area contributed by atoms with Crippen molar-refractivity contribution in [2.24, 2.45) is 5.73 Å². The molecule has 1 unspecified atom stereocenters. The third-order valence-corrected chi connectivity index (χ3v) is 3.34. The predicted octanol–water partition coefficient (Wildman–Crippen LogP) is 2.64. The molecule has 0 spiro atoms. The van der Waals surface area contributed by atoms with Crippen molar-refractivity contribution in [3.63, 3.8) is 0 Å². The molecule has 0 amide bonds. The summed E-state index contributed by atoms with van der Waals surface area (Å²) >= 11 is 3.51. The second-order valence-corrected chi connectivity index (χ2v) is 4.93. The fraction of sp³-hybridized carbons (Fsp3) is 0.500. The fourth-order valence-corrected chi connectivity index (χ4v) is 2.47. The van der Waals surface area contributed by atoms with Gasteiger partial charge in [0.2, 0.25) is 0 Å². The van der Waals surface area contributed by atoms with E-state index in [-0.39, 0.29) is 12.1 Å². The summed E-state index contributed by atoms with van der Waals surface area (Å²) < 4.78 is 12.1. The van der Waals surface area contributed by atoms with Crippen LogP contribution in [-0.4, -0.2) is 19.3 Å². The van der Waals surface area contributed by atoms with Crippen molar-refractivity contribution in [3.8, 4) is 5.75 Å². The highest BCUT2D eigenvalue weighted by molar-refractivity contribution is 9.10. The summed E-state index contributed by atoms with van der Waals surface area (Å²) in [7, 11) is 0. The lowest BCUT2D eigenvalue weighted by Crippen LogP contribution is -2.15. The van der Waals surface area contributed by atoms with Gasteiger partial charge in [0.05, 0.1) is 13.2 Å². The predicted molar refractivity (Wildman–Crippen MR) is 66.6 cm³/mol. The first-order valence-electron chi connectivity index (χ1n) is 5.46. The lowest BCUT2D eigenvalue weighted by molar-refractivity contribution is 0.141. The summed E-state index contributed by atoms with van der Waals surface area (Å²) in [6, 6.07) is 5.96. The molecule has 0 aromatic heterocycles. The number of nitrogens with two attached hydrogens (primary N) is 1. The standard InChI is InChI=1S/C12H16BrNO2/c1-8(14)11-3-2-9(6-12(11)13)16-10-4-5-15-7-10/h2-3,6,8,10H,4-5,7,14H2,1H3/t8-,10?/m1/s1. The zero-order valence-electron chi connectivity index (χ0n) is 9.28. The number of halogens is 1. The van der Waals surface area contributed by atoms with Crippen LogP contribution in [0.5, 0.6) is 5.75 Å². The van der Waals surface area contributed by atoms with Crippen molar-refractivity contribution >= 4 is 15.9 Å². The Kier molecular flexibility index (Phi) is 3.84. The van der Waals surface area contributed by atoms with Gasteiger partial charge in [0.15, 0.2) is 0 Å². The van der Waals surface area contributed by atoms with Gasteiger partial charge in [-0.3, -0.25) is 0 Å². The Bertz CT molecular complexity index is 362. The largest absolute Gasteiger partial charge is 0.488 e. The smallest absolute Gasteiger partial charge is 0.124 e. The first kappa shape index (κ1) is 11.9. The van der Waals surface area contributed by atoms with Gasteiger partial charge < -0.3 is 15.2 Å². The Hall–Kier alpha value is -0.580. The van der Waals surface area contributed by atoms with Crippen LogP contribution in [0.1, 0.15) is 24.9 Å². The van der Waals surface area contributed by atoms with Gasteiger partial charge in [-0.25, -0.2) is 0 Å². The summed E-state index contributed by atoms with van der Waals surface area (Å²) in [5, 5.41) is 0. The molecule has 0 aliphatic carbocycles. The van der Waals surface area contributed by atoms with E-state index in [4.69, 9.17) is 15.2 Å². The zero-order chi connectivity index (χ0) is 11.5. The topological polar surface area (TPSA) is 44.5 Å². The quantitative estimate of drug-likeness (QED) is 0.929. The Balaban J connectivity index is 2.08. The molecule has 1 saturated heterocycles. The van der Waals surface area contributed by atoms with Crippen LogP contribution in [0, 0.1) is 0 Å². The zero-order valence-corrected chi connectivity index (χ0v) is 10.9. The van der Waals surface area contributed by atoms with E-state index < -0.39 is 0 Å². The monoisotopic (exact) mass is 285 g/mol. The molecule has 1 aromatic carbocycles. The molecule has 0 bridgehead atoms. The van der Waals surface area contributed by atoms with Crippen molar-refractivity contribution in [2.45, 2.75) is 25.5 Å². The molecular weight excluding hydrogens is 270 g/mol. The molecule has 3 nitrogen and oxygen atoms in total. The van der Waals surface area contributed by atoms with Gasteiger partial charge in [-0.15, -0.1) is 0 Å². The number of benzene rings is 1. The first-order valence-corrected chi connectivity index (χ1v) is 6.25. The minimum absolute atomic E-state index is 0.0261. The van der Waals surface area contributed by atoms with Crippen LogP contribution in [-0.2, 0) is 4.74 Å². The van der Waals surface area contributed by atoms with Crippen molar-refractivity contribution in [3.05, 3.63) is 28.2 Å². The molecule has 1 aliphatic rings. The molecule has 2 rings (SSSR count). The summed E-state index contributed by atoms with van der Waals surface area (Å²) in [5.41, 5.74) is 6.93. The molecule has 4 heteroatoms. The minimum atomic E-state index is 0.0261. The van der Waals surface area contributed by atoms with E-state index in [1.54, 1.807) is 0 Å². The van der Waals surface area contributed by atoms with Crippen LogP contribution in [0.3, 0.4) is 0 Å². The van der Waals surface area contributed by atoms with Crippen LogP contribution in [0.25, 0.3) is 0 Å². The second-order valence-electron chi connectivity index (χ2n) is 4.08. The van der Waals surface area contributed by atoms with E-state index in [0.717, 1.165) is 28.8 Å². The average molecular weight is 286 g/mol. The van der Waals surface area contributed by atoms with Crippen LogP contribution in [0.4, 0.5) is 0 Å². The molecule has 2 atom stereocenters. The molecule has 16 heavy (non-hydrogen) atoms. The summed E-state index contributed by atoms with van der Waals surface area (Å²) in [5.74, 6) is 0.867. The maximum absolute atomic E-state index is 5.84. The van der Waals surface area contributed by atoms with Gasteiger partial charge in [-0.1, -0.05) is 22.0 Å². The van der Waals surface area contributed by atoms with E-state index >= 15 is 0 Å². The van der Waals surface area contributed by atoms with Crippen molar-refractivity contribution in [1.82, 2.24) is 0 Å². The molecule has 0 saturated carbocycles. The minimum Gasteiger partial charge on any atom is -0.488 e.